The highest BCUT2D eigenvalue weighted by Crippen LogP contribution is 2.22. The fourth-order valence-corrected chi connectivity index (χ4v) is 4.91. The van der Waals surface area contributed by atoms with E-state index in [1.54, 1.807) is 10.4 Å². The largest absolute Gasteiger partial charge is 0.0894 e. The molecule has 0 N–H and O–H groups in total. The Morgan fingerprint density at radius 3 is 2.65 bits per heavy atom. The molecule has 0 spiro atoms. The van der Waals surface area contributed by atoms with Gasteiger partial charge in [-0.15, -0.1) is 0 Å². The molecule has 0 fully saturated rings. The van der Waals surface area contributed by atoms with Gasteiger partial charge in [0, 0.05) is 0 Å². The summed E-state index contributed by atoms with van der Waals surface area (Å²) in [5.41, 5.74) is 4.51. The molecule has 0 bridgehead atoms. The van der Waals surface area contributed by atoms with Crippen LogP contribution in [0.4, 0.5) is 0 Å². The van der Waals surface area contributed by atoms with Gasteiger partial charge in [0.1, 0.15) is 0 Å². The average Bonchev–Trinajstić information content (AvgIpc) is 2.68. The lowest BCUT2D eigenvalue weighted by molar-refractivity contribution is 0.722. The Bertz CT molecular complexity index is 555. The van der Waals surface area contributed by atoms with E-state index < -0.39 is 0 Å². The first-order valence-corrected chi connectivity index (χ1v) is 7.69. The summed E-state index contributed by atoms with van der Waals surface area (Å²) in [7, 11) is -0.260. The third-order valence-corrected chi connectivity index (χ3v) is 5.70. The van der Waals surface area contributed by atoms with Crippen molar-refractivity contribution < 1.29 is 0 Å². The second-order valence-electron chi connectivity index (χ2n) is 5.09. The minimum Gasteiger partial charge on any atom is -0.0627 e. The molecule has 0 amide bonds. The molecule has 2 aromatic rings. The van der Waals surface area contributed by atoms with E-state index in [0.717, 1.165) is 6.42 Å². The van der Waals surface area contributed by atoms with Crippen molar-refractivity contribution in [3.8, 4) is 11.1 Å². The predicted molar refractivity (Wildman–Crippen MR) is 77.9 cm³/mol. The minimum absolute atomic E-state index is 0.260. The third-order valence-electron chi connectivity index (χ3n) is 3.52. The zero-order valence-corrected chi connectivity index (χ0v) is 11.7. The van der Waals surface area contributed by atoms with Gasteiger partial charge in [-0.3, -0.25) is 0 Å². The molecule has 1 heteroatoms. The highest BCUT2D eigenvalue weighted by atomic mass is 28.2. The molecule has 1 aliphatic rings. The second-order valence-corrected chi connectivity index (χ2v) is 6.91. The minimum atomic E-state index is -0.260. The van der Waals surface area contributed by atoms with E-state index in [1.807, 2.05) is 0 Å². The Balaban J connectivity index is 2.11. The lowest BCUT2D eigenvalue weighted by atomic mass is 9.98. The maximum atomic E-state index is 4.12. The van der Waals surface area contributed by atoms with Crippen molar-refractivity contribution in [1.82, 2.24) is 0 Å². The number of fused-ring (bicyclic) bond motifs is 3. The highest BCUT2D eigenvalue weighted by Gasteiger charge is 2.20. The van der Waals surface area contributed by atoms with Crippen LogP contribution >= 0.6 is 0 Å². The van der Waals surface area contributed by atoms with Crippen LogP contribution in [-0.2, 0) is 6.42 Å². The van der Waals surface area contributed by atoms with E-state index in [-0.39, 0.29) is 9.52 Å². The first-order valence-electron chi connectivity index (χ1n) is 6.28. The molecule has 1 radical (unpaired) electrons. The molecule has 2 aromatic carbocycles. The van der Waals surface area contributed by atoms with Gasteiger partial charge in [0.05, 0.1) is 9.52 Å². The molecule has 0 saturated carbocycles. The van der Waals surface area contributed by atoms with Crippen molar-refractivity contribution in [2.45, 2.75) is 13.3 Å². The molecular weight excluding hydrogens is 220 g/mol. The molecule has 3 rings (SSSR count). The summed E-state index contributed by atoms with van der Waals surface area (Å²) in [5.74, 6) is 0.499. The SMILES string of the molecule is [CH2]C(C)Cc1cccc2c1[SiH2]c1ccccc1-2. The zero-order valence-electron chi connectivity index (χ0n) is 10.2. The lowest BCUT2D eigenvalue weighted by Gasteiger charge is -2.10. The van der Waals surface area contributed by atoms with E-state index >= 15 is 0 Å². The van der Waals surface area contributed by atoms with Crippen LogP contribution in [-0.4, -0.2) is 9.52 Å². The normalized spacial score (nSPS) is 14.1. The number of rotatable bonds is 2. The van der Waals surface area contributed by atoms with E-state index in [9.17, 15) is 0 Å². The summed E-state index contributed by atoms with van der Waals surface area (Å²) in [6.45, 7) is 6.32. The van der Waals surface area contributed by atoms with Crippen molar-refractivity contribution >= 4 is 19.9 Å². The molecule has 0 aromatic heterocycles. The first-order chi connectivity index (χ1) is 8.25. The molecule has 17 heavy (non-hydrogen) atoms. The van der Waals surface area contributed by atoms with Gasteiger partial charge in [0.25, 0.3) is 0 Å². The fourth-order valence-electron chi connectivity index (χ4n) is 2.79. The summed E-state index contributed by atoms with van der Waals surface area (Å²) in [6, 6.07) is 15.7. The smallest absolute Gasteiger partial charge is 0.0627 e. The summed E-state index contributed by atoms with van der Waals surface area (Å²) in [4.78, 5) is 0. The second kappa shape index (κ2) is 4.15. The van der Waals surface area contributed by atoms with E-state index in [1.165, 1.54) is 16.7 Å². The molecule has 1 unspecified atom stereocenters. The van der Waals surface area contributed by atoms with E-state index in [2.05, 4.69) is 56.3 Å². The maximum Gasteiger partial charge on any atom is 0.0894 e. The van der Waals surface area contributed by atoms with Crippen molar-refractivity contribution in [2.24, 2.45) is 5.92 Å². The van der Waals surface area contributed by atoms with Crippen LogP contribution < -0.4 is 10.4 Å². The monoisotopic (exact) mass is 237 g/mol. The topological polar surface area (TPSA) is 0 Å². The summed E-state index contributed by atoms with van der Waals surface area (Å²) in [6.07, 6.45) is 1.12. The van der Waals surface area contributed by atoms with Crippen LogP contribution in [0.1, 0.15) is 12.5 Å². The molecule has 0 saturated heterocycles. The molecule has 0 aliphatic carbocycles. The van der Waals surface area contributed by atoms with Crippen LogP contribution in [0.3, 0.4) is 0 Å². The van der Waals surface area contributed by atoms with Crippen LogP contribution in [0.25, 0.3) is 11.1 Å². The van der Waals surface area contributed by atoms with Crippen molar-refractivity contribution in [1.29, 1.82) is 0 Å². The van der Waals surface area contributed by atoms with E-state index in [4.69, 9.17) is 0 Å². The van der Waals surface area contributed by atoms with Crippen molar-refractivity contribution in [3.63, 3.8) is 0 Å². The Kier molecular flexibility index (Phi) is 2.64. The standard InChI is InChI=1S/C16H17Si/c1-11(2)10-12-6-5-8-14-13-7-3-4-9-15(13)17-16(12)14/h3-9,11H,1,10,17H2,2H3. The van der Waals surface area contributed by atoms with Crippen LogP contribution in [0.15, 0.2) is 42.5 Å². The van der Waals surface area contributed by atoms with Crippen molar-refractivity contribution in [3.05, 3.63) is 55.0 Å². The Labute approximate surface area is 106 Å². The predicted octanol–water partition coefficient (Wildman–Crippen LogP) is 1.80. The molecule has 0 nitrogen and oxygen atoms in total. The van der Waals surface area contributed by atoms with Gasteiger partial charge in [-0.1, -0.05) is 66.7 Å². The molecule has 1 aliphatic heterocycles. The Morgan fingerprint density at radius 2 is 1.82 bits per heavy atom. The Morgan fingerprint density at radius 1 is 1.06 bits per heavy atom. The van der Waals surface area contributed by atoms with Gasteiger partial charge in [-0.05, 0) is 29.0 Å². The molecular formula is C16H17Si. The Hall–Kier alpha value is -1.34. The van der Waals surface area contributed by atoms with Crippen molar-refractivity contribution in [2.75, 3.05) is 0 Å². The van der Waals surface area contributed by atoms with Gasteiger partial charge < -0.3 is 0 Å². The molecule has 85 valence electrons. The third kappa shape index (κ3) is 1.85. The quantitative estimate of drug-likeness (QED) is 0.596. The first kappa shape index (κ1) is 10.8. The van der Waals surface area contributed by atoms with Crippen LogP contribution in [0.2, 0.25) is 0 Å². The highest BCUT2D eigenvalue weighted by molar-refractivity contribution is 6.73. The summed E-state index contributed by atoms with van der Waals surface area (Å²) in [5, 5.41) is 3.26. The van der Waals surface area contributed by atoms with Gasteiger partial charge in [-0.25, -0.2) is 0 Å². The molecule has 1 heterocycles. The molecule has 1 atom stereocenters. The number of benzene rings is 2. The van der Waals surface area contributed by atoms with Crippen LogP contribution in [0, 0.1) is 12.8 Å². The van der Waals surface area contributed by atoms with Crippen LogP contribution in [0.5, 0.6) is 0 Å². The number of hydrogen-bond donors (Lipinski definition) is 0. The number of hydrogen-bond acceptors (Lipinski definition) is 0. The van der Waals surface area contributed by atoms with Gasteiger partial charge in [0.15, 0.2) is 0 Å². The summed E-state index contributed by atoms with van der Waals surface area (Å²) < 4.78 is 0. The van der Waals surface area contributed by atoms with Gasteiger partial charge in [0.2, 0.25) is 0 Å². The maximum absolute atomic E-state index is 4.12. The van der Waals surface area contributed by atoms with Gasteiger partial charge >= 0.3 is 0 Å². The zero-order chi connectivity index (χ0) is 11.8. The average molecular weight is 237 g/mol. The fraction of sp³-hybridized carbons (Fsp3) is 0.188. The van der Waals surface area contributed by atoms with Gasteiger partial charge in [-0.2, -0.15) is 0 Å². The summed E-state index contributed by atoms with van der Waals surface area (Å²) >= 11 is 0. The van der Waals surface area contributed by atoms with E-state index in [0.29, 0.717) is 5.92 Å². The lowest BCUT2D eigenvalue weighted by Crippen LogP contribution is -2.24.